The zero-order valence-corrected chi connectivity index (χ0v) is 21.6. The minimum absolute atomic E-state index is 0.0523. The van der Waals surface area contributed by atoms with Gasteiger partial charge < -0.3 is 4.90 Å². The Kier molecular flexibility index (Phi) is 8.73. The van der Waals surface area contributed by atoms with Crippen LogP contribution in [0.15, 0.2) is 59.8 Å². The van der Waals surface area contributed by atoms with Gasteiger partial charge in [-0.2, -0.15) is 31.6 Å². The van der Waals surface area contributed by atoms with Crippen LogP contribution in [0, 0.1) is 11.3 Å². The first kappa shape index (κ1) is 30.4. The molecular weight excluding hydrogens is 566 g/mol. The number of benzene rings is 2. The lowest BCUT2D eigenvalue weighted by atomic mass is 9.90. The van der Waals surface area contributed by atoms with Gasteiger partial charge in [0.15, 0.2) is 5.78 Å². The molecule has 3 rings (SSSR count). The van der Waals surface area contributed by atoms with Gasteiger partial charge in [0.1, 0.15) is 23.3 Å². The summed E-state index contributed by atoms with van der Waals surface area (Å²) in [6, 6.07) is 8.64. The summed E-state index contributed by atoms with van der Waals surface area (Å²) in [5.41, 5.74) is -1.11. The van der Waals surface area contributed by atoms with Gasteiger partial charge in [0.25, 0.3) is 5.91 Å². The molecule has 0 bridgehead atoms. The number of Topliss-reactive ketones (excluding diaryl/α,β-unsaturated/α-hetero) is 1. The predicted molar refractivity (Wildman–Crippen MR) is 131 cm³/mol. The number of hydrogen-bond acceptors (Lipinski definition) is 5. The highest BCUT2D eigenvalue weighted by Gasteiger charge is 2.43. The van der Waals surface area contributed by atoms with Crippen molar-refractivity contribution in [3.8, 4) is 6.07 Å². The van der Waals surface area contributed by atoms with E-state index in [1.807, 2.05) is 6.07 Å². The molecule has 1 aliphatic heterocycles. The number of rotatable bonds is 7. The molecule has 0 aliphatic carbocycles. The van der Waals surface area contributed by atoms with Gasteiger partial charge in [0.2, 0.25) is 0 Å². The summed E-state index contributed by atoms with van der Waals surface area (Å²) < 4.78 is 91.4. The second kappa shape index (κ2) is 11.5. The number of halogens is 6. The summed E-state index contributed by atoms with van der Waals surface area (Å²) >= 11 is 0. The van der Waals surface area contributed by atoms with E-state index in [9.17, 15) is 44.9 Å². The summed E-state index contributed by atoms with van der Waals surface area (Å²) in [5.74, 6) is -3.76. The molecule has 8 nitrogen and oxygen atoms in total. The van der Waals surface area contributed by atoms with Gasteiger partial charge in [-0.3, -0.25) is 19.2 Å². The van der Waals surface area contributed by atoms with Gasteiger partial charge in [-0.1, -0.05) is 18.2 Å². The normalized spacial score (nSPS) is 17.0. The van der Waals surface area contributed by atoms with Gasteiger partial charge >= 0.3 is 18.4 Å². The van der Waals surface area contributed by atoms with Crippen molar-refractivity contribution >= 4 is 34.4 Å². The molecule has 0 aromatic heterocycles. The molecule has 2 aromatic rings. The monoisotopic (exact) mass is 586 g/mol. The Labute approximate surface area is 226 Å². The van der Waals surface area contributed by atoms with Crippen LogP contribution in [0.25, 0.3) is 0 Å². The van der Waals surface area contributed by atoms with E-state index in [1.165, 1.54) is 37.3 Å². The third-order valence-electron chi connectivity index (χ3n) is 5.75. The number of alkyl halides is 6. The number of nitrogens with one attached hydrogen (secondary N) is 1. The second-order valence-electron chi connectivity index (χ2n) is 8.62. The molecule has 1 aliphatic rings. The molecule has 40 heavy (non-hydrogen) atoms. The summed E-state index contributed by atoms with van der Waals surface area (Å²) in [4.78, 5) is 40.8. The molecule has 2 aromatic carbocycles. The van der Waals surface area contributed by atoms with Crippen LogP contribution in [-0.2, 0) is 26.8 Å². The molecule has 3 amide bonds. The van der Waals surface area contributed by atoms with E-state index in [0.717, 1.165) is 28.9 Å². The molecule has 1 N–H and O–H groups in total. The fraction of sp³-hybridized carbons (Fsp3) is 0.280. The third-order valence-corrected chi connectivity index (χ3v) is 6.80. The smallest absolute Gasteiger partial charge is 0.303 e. The highest BCUT2D eigenvalue weighted by molar-refractivity contribution is 7.83. The van der Waals surface area contributed by atoms with Crippen molar-refractivity contribution in [3.05, 3.63) is 76.5 Å². The lowest BCUT2D eigenvalue weighted by molar-refractivity contribution is -0.137. The number of nitriles is 1. The molecule has 0 saturated carbocycles. The number of nitrogens with zero attached hydrogens (tertiary/aromatic N) is 3. The van der Waals surface area contributed by atoms with Crippen molar-refractivity contribution in [3.63, 3.8) is 0 Å². The number of ketones is 1. The van der Waals surface area contributed by atoms with E-state index in [-0.39, 0.29) is 28.1 Å². The fourth-order valence-electron chi connectivity index (χ4n) is 4.17. The molecule has 0 radical (unpaired) electrons. The Morgan fingerprint density at radius 3 is 2.23 bits per heavy atom. The molecular formula is C25H20F6N4O4S. The maximum Gasteiger partial charge on any atom is 0.416 e. The van der Waals surface area contributed by atoms with E-state index < -0.39 is 65.0 Å². The second-order valence-corrected chi connectivity index (χ2v) is 9.80. The number of carbonyl (C=O) groups is 3. The Morgan fingerprint density at radius 2 is 1.70 bits per heavy atom. The van der Waals surface area contributed by atoms with Crippen LogP contribution < -0.4 is 9.62 Å². The summed E-state index contributed by atoms with van der Waals surface area (Å²) in [5, 5.41) is 9.11. The zero-order chi connectivity index (χ0) is 30.0. The van der Waals surface area contributed by atoms with Crippen LogP contribution in [0.4, 0.5) is 36.8 Å². The lowest BCUT2D eigenvalue weighted by Gasteiger charge is -2.42. The highest BCUT2D eigenvalue weighted by atomic mass is 32.2. The fourth-order valence-corrected chi connectivity index (χ4v) is 4.86. The minimum Gasteiger partial charge on any atom is -0.303 e. The predicted octanol–water partition coefficient (Wildman–Crippen LogP) is 4.77. The van der Waals surface area contributed by atoms with Gasteiger partial charge in [-0.25, -0.2) is 9.00 Å². The summed E-state index contributed by atoms with van der Waals surface area (Å²) in [6.07, 6.45) is -9.64. The first-order valence-electron chi connectivity index (χ1n) is 11.3. The van der Waals surface area contributed by atoms with Crippen molar-refractivity contribution in [1.29, 1.82) is 5.26 Å². The van der Waals surface area contributed by atoms with Gasteiger partial charge in [0, 0.05) is 11.3 Å². The van der Waals surface area contributed by atoms with E-state index in [1.54, 1.807) is 4.72 Å². The molecule has 0 spiro atoms. The first-order valence-corrected chi connectivity index (χ1v) is 12.6. The molecule has 1 heterocycles. The Balaban J connectivity index is 2.16. The SMILES string of the molecule is CC(=O)C1=C(C)N(c2cccc(C(F)(F)F)c2)C(=O)N(CC(=O)NS(=O)CC(F)(F)F)[C@@H]1c1ccc(C#N)cc1. The standard InChI is InChI=1S/C25H20F6N4O4S/c1-14-21(15(2)36)22(17-8-6-16(11-32)7-9-17)34(12-20(37)33-40(39)13-24(26,27)28)23(38)35(14)19-5-3-4-18(10-19)25(29,30)31/h3-10,22H,12-13H2,1-2H3,(H,33,37)/t22-,40?/m1/s1. The Hall–Kier alpha value is -4.19. The quantitative estimate of drug-likeness (QED) is 0.471. The van der Waals surface area contributed by atoms with E-state index in [0.29, 0.717) is 6.07 Å². The van der Waals surface area contributed by atoms with Crippen molar-refractivity contribution < 1.29 is 44.9 Å². The van der Waals surface area contributed by atoms with Crippen LogP contribution in [0.5, 0.6) is 0 Å². The summed E-state index contributed by atoms with van der Waals surface area (Å²) in [6.45, 7) is 1.44. The highest BCUT2D eigenvalue weighted by Crippen LogP contribution is 2.41. The van der Waals surface area contributed by atoms with Crippen molar-refractivity contribution in [2.45, 2.75) is 32.2 Å². The summed E-state index contributed by atoms with van der Waals surface area (Å²) in [7, 11) is -2.89. The number of allylic oxidation sites excluding steroid dienone is 1. The minimum atomic E-state index is -4.87. The molecule has 0 saturated heterocycles. The van der Waals surface area contributed by atoms with Crippen LogP contribution in [0.1, 0.15) is 36.6 Å². The number of hydrogen-bond donors (Lipinski definition) is 1. The molecule has 212 valence electrons. The molecule has 2 atom stereocenters. The maximum atomic E-state index is 13.8. The molecule has 0 fully saturated rings. The Bertz CT molecular complexity index is 1430. The Morgan fingerprint density at radius 1 is 1.07 bits per heavy atom. The van der Waals surface area contributed by atoms with Gasteiger partial charge in [-0.05, 0) is 49.7 Å². The lowest BCUT2D eigenvalue weighted by Crippen LogP contribution is -2.53. The number of amides is 3. The number of urea groups is 1. The largest absolute Gasteiger partial charge is 0.416 e. The third kappa shape index (κ3) is 6.87. The van der Waals surface area contributed by atoms with Crippen LogP contribution in [0.3, 0.4) is 0 Å². The topological polar surface area (TPSA) is 111 Å². The zero-order valence-electron chi connectivity index (χ0n) is 20.8. The van der Waals surface area contributed by atoms with E-state index in [2.05, 4.69) is 0 Å². The maximum absolute atomic E-state index is 13.8. The van der Waals surface area contributed by atoms with Gasteiger partial charge in [0.05, 0.1) is 28.9 Å². The molecule has 1 unspecified atom stereocenters. The van der Waals surface area contributed by atoms with Gasteiger partial charge in [-0.15, -0.1) is 0 Å². The number of carbonyl (C=O) groups excluding carboxylic acids is 3. The van der Waals surface area contributed by atoms with Crippen LogP contribution >= 0.6 is 0 Å². The first-order chi connectivity index (χ1) is 18.5. The average Bonchev–Trinajstić information content (AvgIpc) is 2.83. The number of anilines is 1. The van der Waals surface area contributed by atoms with E-state index in [4.69, 9.17) is 5.26 Å². The van der Waals surface area contributed by atoms with E-state index >= 15 is 0 Å². The average molecular weight is 587 g/mol. The van der Waals surface area contributed by atoms with Crippen LogP contribution in [0.2, 0.25) is 0 Å². The van der Waals surface area contributed by atoms with Crippen LogP contribution in [-0.4, -0.2) is 45.3 Å². The molecule has 15 heteroatoms. The van der Waals surface area contributed by atoms with Crippen molar-refractivity contribution in [2.24, 2.45) is 0 Å². The van der Waals surface area contributed by atoms with Crippen molar-refractivity contribution in [2.75, 3.05) is 17.2 Å². The van der Waals surface area contributed by atoms with Crippen molar-refractivity contribution in [1.82, 2.24) is 9.62 Å².